The van der Waals surface area contributed by atoms with Gasteiger partial charge >= 0.3 is 0 Å². The zero-order chi connectivity index (χ0) is 67.4. The highest BCUT2D eigenvalue weighted by molar-refractivity contribution is 9.10. The van der Waals surface area contributed by atoms with Gasteiger partial charge in [-0.25, -0.2) is 0 Å². The highest BCUT2D eigenvalue weighted by Crippen LogP contribution is 2.58. The molecule has 3 aromatic heterocycles. The van der Waals surface area contributed by atoms with Crippen molar-refractivity contribution in [3.8, 4) is 101 Å². The van der Waals surface area contributed by atoms with Gasteiger partial charge in [0.05, 0.1) is 17.1 Å². The third-order valence-corrected chi connectivity index (χ3v) is 22.4. The minimum atomic E-state index is -0.0556. The Bertz CT molecular complexity index is 4470. The smallest absolute Gasteiger partial charge is 0.0705 e. The first kappa shape index (κ1) is 65.1. The summed E-state index contributed by atoms with van der Waals surface area (Å²) in [5, 5.41) is 0. The second-order valence-electron chi connectivity index (χ2n) is 35.4. The first-order valence-corrected chi connectivity index (χ1v) is 35.2. The Labute approximate surface area is 571 Å². The molecular formula is C90H98BrN3. The van der Waals surface area contributed by atoms with Crippen molar-refractivity contribution < 1.29 is 0 Å². The van der Waals surface area contributed by atoms with Crippen LogP contribution in [0, 0.1) is 0 Å². The van der Waals surface area contributed by atoms with Gasteiger partial charge in [-0.05, 0) is 282 Å². The molecule has 0 atom stereocenters. The van der Waals surface area contributed by atoms with Crippen LogP contribution in [0.2, 0.25) is 0 Å². The van der Waals surface area contributed by atoms with Gasteiger partial charge in [-0.3, -0.25) is 15.0 Å². The maximum Gasteiger partial charge on any atom is 0.0705 e. The topological polar surface area (TPSA) is 38.7 Å². The average Bonchev–Trinajstić information content (AvgIpc) is 1.52. The number of pyridine rings is 3. The molecule has 0 unspecified atom stereocenters. The van der Waals surface area contributed by atoms with Crippen molar-refractivity contribution in [3.05, 3.63) is 231 Å². The summed E-state index contributed by atoms with van der Waals surface area (Å²) in [6.07, 6.45) is 9.09. The number of rotatable bonds is 9. The zero-order valence-electron chi connectivity index (χ0n) is 60.1. The van der Waals surface area contributed by atoms with Crippen LogP contribution in [0.4, 0.5) is 0 Å². The Morgan fingerprint density at radius 2 is 0.500 bits per heavy atom. The van der Waals surface area contributed by atoms with Gasteiger partial charge in [-0.2, -0.15) is 0 Å². The van der Waals surface area contributed by atoms with Gasteiger partial charge in [0.1, 0.15) is 0 Å². The van der Waals surface area contributed by atoms with Crippen molar-refractivity contribution in [2.45, 2.75) is 213 Å². The lowest BCUT2D eigenvalue weighted by atomic mass is 9.79. The van der Waals surface area contributed by atoms with E-state index < -0.39 is 0 Å². The number of aromatic nitrogens is 3. The number of benzene rings is 7. The molecule has 0 N–H and O–H groups in total. The number of nitrogens with zero attached hydrogens (tertiary/aromatic N) is 3. The van der Waals surface area contributed by atoms with Crippen LogP contribution in [-0.4, -0.2) is 15.0 Å². The molecule has 3 nitrogen and oxygen atoms in total. The lowest BCUT2D eigenvalue weighted by Gasteiger charge is -2.25. The quantitative estimate of drug-likeness (QED) is 0.145. The minimum absolute atomic E-state index is 0.00502. The van der Waals surface area contributed by atoms with Crippen LogP contribution < -0.4 is 0 Å². The minimum Gasteiger partial charge on any atom is -0.256 e. The number of halogens is 1. The van der Waals surface area contributed by atoms with E-state index in [4.69, 9.17) is 15.0 Å². The van der Waals surface area contributed by atoms with Crippen molar-refractivity contribution in [2.75, 3.05) is 0 Å². The summed E-state index contributed by atoms with van der Waals surface area (Å²) >= 11 is 4.28. The standard InChI is InChI=1S/C90H98BrN3/c1-82(2,3)62-32-35-92-79(42-62)56-26-22-54(23-27-56)66-45-72-74(87(14,15)51-85(72,10)11)47-68(66)59-38-60(69-48-75-73(86(12,13)52-88(75,16)17)46-67(69)55-24-28-57(29-25-55)80-43-63(33-36-93-80)83(4,5)6)40-61(39-59)70-49-76-77(90(20,21)53-89(76,18)19)50-71(70)65-31-30-58(41-78(65)91)81-44-64(34-37-94-81)84(7,8)9/h22-50H,51-53H2,1-21H3. The van der Waals surface area contributed by atoms with Crippen molar-refractivity contribution in [1.29, 1.82) is 0 Å². The molecule has 7 aromatic carbocycles. The molecule has 0 fully saturated rings. The van der Waals surface area contributed by atoms with Crippen molar-refractivity contribution in [2.24, 2.45) is 0 Å². The Morgan fingerprint density at radius 3 is 0.787 bits per heavy atom. The fourth-order valence-corrected chi connectivity index (χ4v) is 17.8. The summed E-state index contributed by atoms with van der Waals surface area (Å²) in [4.78, 5) is 14.8. The summed E-state index contributed by atoms with van der Waals surface area (Å²) in [5.74, 6) is 0. The molecule has 0 saturated carbocycles. The third kappa shape index (κ3) is 11.8. The largest absolute Gasteiger partial charge is 0.256 e. The molecule has 0 amide bonds. The number of hydrogen-bond acceptors (Lipinski definition) is 3. The summed E-state index contributed by atoms with van der Waals surface area (Å²) < 4.78 is 1.05. The highest BCUT2D eigenvalue weighted by Gasteiger charge is 2.46. The molecule has 480 valence electrons. The maximum atomic E-state index is 4.96. The molecule has 0 bridgehead atoms. The van der Waals surface area contributed by atoms with Gasteiger partial charge < -0.3 is 0 Å². The fourth-order valence-electron chi connectivity index (χ4n) is 17.3. The summed E-state index contributed by atoms with van der Waals surface area (Å²) in [7, 11) is 0. The van der Waals surface area contributed by atoms with Gasteiger partial charge in [-0.1, -0.05) is 222 Å². The predicted molar refractivity (Wildman–Crippen MR) is 405 cm³/mol. The van der Waals surface area contributed by atoms with Gasteiger partial charge in [0.25, 0.3) is 0 Å². The van der Waals surface area contributed by atoms with Crippen molar-refractivity contribution in [3.63, 3.8) is 0 Å². The normalized spacial score (nSPS) is 17.2. The maximum absolute atomic E-state index is 4.96. The first-order valence-electron chi connectivity index (χ1n) is 34.4. The van der Waals surface area contributed by atoms with Gasteiger partial charge in [0.2, 0.25) is 0 Å². The molecule has 3 aliphatic rings. The fraction of sp³-hybridized carbons (Fsp3) is 0.367. The molecule has 10 aromatic rings. The summed E-state index contributed by atoms with van der Waals surface area (Å²) in [6.45, 7) is 49.9. The lowest BCUT2D eigenvalue weighted by molar-refractivity contribution is 0.403. The van der Waals surface area contributed by atoms with Crippen LogP contribution in [0.1, 0.15) is 215 Å². The predicted octanol–water partition coefficient (Wildman–Crippen LogP) is 25.4. The summed E-state index contributed by atoms with van der Waals surface area (Å²) in [6, 6.07) is 62.0. The lowest BCUT2D eigenvalue weighted by Crippen LogP contribution is -2.18. The van der Waals surface area contributed by atoms with E-state index in [2.05, 4.69) is 319 Å². The van der Waals surface area contributed by atoms with Gasteiger partial charge in [-0.15, -0.1) is 0 Å². The van der Waals surface area contributed by atoms with E-state index in [9.17, 15) is 0 Å². The van der Waals surface area contributed by atoms with Crippen molar-refractivity contribution >= 4 is 15.9 Å². The van der Waals surface area contributed by atoms with E-state index >= 15 is 0 Å². The first-order chi connectivity index (χ1) is 43.8. The van der Waals surface area contributed by atoms with Crippen LogP contribution in [0.25, 0.3) is 101 Å². The monoisotopic (exact) mass is 1300 g/mol. The molecule has 94 heavy (non-hydrogen) atoms. The van der Waals surface area contributed by atoms with E-state index in [0.717, 1.165) is 63.1 Å². The molecular weight excluding hydrogens is 1200 g/mol. The van der Waals surface area contributed by atoms with E-state index in [-0.39, 0.29) is 48.7 Å². The van der Waals surface area contributed by atoms with Crippen LogP contribution >= 0.6 is 15.9 Å². The molecule has 4 heteroatoms. The zero-order valence-corrected chi connectivity index (χ0v) is 61.7. The van der Waals surface area contributed by atoms with Gasteiger partial charge in [0.15, 0.2) is 0 Å². The van der Waals surface area contributed by atoms with Crippen molar-refractivity contribution in [1.82, 2.24) is 15.0 Å². The van der Waals surface area contributed by atoms with Crippen LogP contribution in [-0.2, 0) is 48.7 Å². The van der Waals surface area contributed by atoms with E-state index in [1.54, 1.807) is 0 Å². The van der Waals surface area contributed by atoms with E-state index in [1.807, 2.05) is 18.6 Å². The molecule has 0 saturated heterocycles. The molecule has 3 aliphatic carbocycles. The van der Waals surface area contributed by atoms with E-state index in [1.165, 1.54) is 111 Å². The Hall–Kier alpha value is -7.53. The number of fused-ring (bicyclic) bond motifs is 3. The number of hydrogen-bond donors (Lipinski definition) is 0. The third-order valence-electron chi connectivity index (χ3n) is 21.8. The van der Waals surface area contributed by atoms with Crippen LogP contribution in [0.15, 0.2) is 181 Å². The molecule has 13 rings (SSSR count). The van der Waals surface area contributed by atoms with Gasteiger partial charge in [0, 0.05) is 39.8 Å². The van der Waals surface area contributed by atoms with Crippen LogP contribution in [0.3, 0.4) is 0 Å². The molecule has 0 radical (unpaired) electrons. The Kier molecular flexibility index (Phi) is 15.4. The molecule has 0 spiro atoms. The Morgan fingerprint density at radius 1 is 0.255 bits per heavy atom. The molecule has 3 heterocycles. The average molecular weight is 1300 g/mol. The van der Waals surface area contributed by atoms with E-state index in [0.29, 0.717) is 0 Å². The second kappa shape index (κ2) is 22.3. The van der Waals surface area contributed by atoms with Crippen LogP contribution in [0.5, 0.6) is 0 Å². The SMILES string of the molecule is CC(C)(C)c1ccnc(-c2ccc(-c3cc4c(cc3-c3cc(-c5cc6c(cc5-c5ccc(-c7cc(C(C)(C)C)ccn7)cc5)C(C)(C)CC6(C)C)cc(-c5cc6c(cc5-c5ccc(-c7cc(C(C)(C)C)ccn7)cc5Br)C(C)(C)CC6(C)C)c3)C(C)(C)CC4(C)C)cc2)c1. The Balaban J connectivity index is 1.10. The molecule has 0 aliphatic heterocycles. The second-order valence-corrected chi connectivity index (χ2v) is 36.2. The highest BCUT2D eigenvalue weighted by atomic mass is 79.9. The summed E-state index contributed by atoms with van der Waals surface area (Å²) in [5.41, 5.74) is 33.0.